The Bertz CT molecular complexity index is 640. The van der Waals surface area contributed by atoms with E-state index in [0.29, 0.717) is 16.1 Å². The zero-order chi connectivity index (χ0) is 14.8. The Balaban J connectivity index is 2.20. The largest absolute Gasteiger partial charge is 0.416 e. The first-order valence-electron chi connectivity index (χ1n) is 5.76. The van der Waals surface area contributed by atoms with Gasteiger partial charge in [-0.15, -0.1) is 0 Å². The highest BCUT2D eigenvalue weighted by Crippen LogP contribution is 2.30. The number of hydrogen-bond donors (Lipinski definition) is 1. The number of anilines is 1. The van der Waals surface area contributed by atoms with Crippen LogP contribution in [0.15, 0.2) is 53.4 Å². The van der Waals surface area contributed by atoms with E-state index in [4.69, 9.17) is 5.73 Å². The van der Waals surface area contributed by atoms with Crippen LogP contribution in [0.25, 0.3) is 0 Å². The summed E-state index contributed by atoms with van der Waals surface area (Å²) in [5.41, 5.74) is 5.70. The standard InChI is InChI=1S/C14H12F3NOS/c15-14(16,17)11-4-1-3-10(7-11)9-20(19)13-6-2-5-12(18)8-13/h1-8H,9,18H2. The van der Waals surface area contributed by atoms with E-state index in [-0.39, 0.29) is 5.75 Å². The van der Waals surface area contributed by atoms with Crippen LogP contribution in [0, 0.1) is 0 Å². The van der Waals surface area contributed by atoms with Gasteiger partial charge in [-0.05, 0) is 29.8 Å². The maximum atomic E-state index is 12.6. The lowest BCUT2D eigenvalue weighted by Gasteiger charge is -2.09. The maximum Gasteiger partial charge on any atom is 0.416 e. The van der Waals surface area contributed by atoms with Crippen LogP contribution in [-0.4, -0.2) is 4.21 Å². The Morgan fingerprint density at radius 1 is 1.05 bits per heavy atom. The van der Waals surface area contributed by atoms with Crippen molar-refractivity contribution in [3.8, 4) is 0 Å². The molecule has 2 nitrogen and oxygen atoms in total. The molecule has 2 N–H and O–H groups in total. The average molecular weight is 299 g/mol. The van der Waals surface area contributed by atoms with Crippen LogP contribution < -0.4 is 5.73 Å². The molecular formula is C14H12F3NOS. The highest BCUT2D eigenvalue weighted by molar-refractivity contribution is 7.84. The second kappa shape index (κ2) is 5.66. The molecule has 0 aromatic heterocycles. The topological polar surface area (TPSA) is 43.1 Å². The lowest BCUT2D eigenvalue weighted by molar-refractivity contribution is -0.137. The average Bonchev–Trinajstić information content (AvgIpc) is 2.38. The molecule has 0 amide bonds. The van der Waals surface area contributed by atoms with Crippen molar-refractivity contribution >= 4 is 16.5 Å². The monoisotopic (exact) mass is 299 g/mol. The van der Waals surface area contributed by atoms with Crippen molar-refractivity contribution in [1.29, 1.82) is 0 Å². The molecule has 1 atom stereocenters. The van der Waals surface area contributed by atoms with Gasteiger partial charge in [0.25, 0.3) is 0 Å². The van der Waals surface area contributed by atoms with E-state index in [1.165, 1.54) is 12.1 Å². The second-order valence-electron chi connectivity index (χ2n) is 4.26. The summed E-state index contributed by atoms with van der Waals surface area (Å²) < 4.78 is 49.9. The van der Waals surface area contributed by atoms with Gasteiger partial charge in [0.05, 0.1) is 22.1 Å². The van der Waals surface area contributed by atoms with Crippen LogP contribution in [0.5, 0.6) is 0 Å². The van der Waals surface area contributed by atoms with E-state index in [0.717, 1.165) is 12.1 Å². The highest BCUT2D eigenvalue weighted by Gasteiger charge is 2.30. The van der Waals surface area contributed by atoms with E-state index < -0.39 is 22.5 Å². The molecule has 0 saturated carbocycles. The van der Waals surface area contributed by atoms with Crippen molar-refractivity contribution in [3.63, 3.8) is 0 Å². The third-order valence-electron chi connectivity index (χ3n) is 2.67. The molecule has 0 aliphatic carbocycles. The molecule has 1 unspecified atom stereocenters. The Kier molecular flexibility index (Phi) is 4.13. The second-order valence-corrected chi connectivity index (χ2v) is 5.71. The summed E-state index contributed by atoms with van der Waals surface area (Å²) in [5.74, 6) is 0.0212. The summed E-state index contributed by atoms with van der Waals surface area (Å²) in [4.78, 5) is 0.502. The molecule has 0 fully saturated rings. The van der Waals surface area contributed by atoms with Crippen molar-refractivity contribution in [2.45, 2.75) is 16.8 Å². The zero-order valence-corrected chi connectivity index (χ0v) is 11.2. The first-order valence-corrected chi connectivity index (χ1v) is 7.08. The SMILES string of the molecule is Nc1cccc(S(=O)Cc2cccc(C(F)(F)F)c2)c1. The molecule has 0 aliphatic rings. The summed E-state index contributed by atoms with van der Waals surface area (Å²) in [7, 11) is -1.43. The predicted molar refractivity (Wildman–Crippen MR) is 72.4 cm³/mol. The van der Waals surface area contributed by atoms with Crippen molar-refractivity contribution in [3.05, 3.63) is 59.7 Å². The lowest BCUT2D eigenvalue weighted by Crippen LogP contribution is -2.06. The van der Waals surface area contributed by atoms with Gasteiger partial charge in [-0.25, -0.2) is 0 Å². The molecule has 0 aliphatic heterocycles. The summed E-state index contributed by atoms with van der Waals surface area (Å²) in [5, 5.41) is 0. The minimum Gasteiger partial charge on any atom is -0.399 e. The minimum absolute atomic E-state index is 0.0212. The number of alkyl halides is 3. The van der Waals surface area contributed by atoms with Crippen LogP contribution in [0.2, 0.25) is 0 Å². The van der Waals surface area contributed by atoms with E-state index >= 15 is 0 Å². The van der Waals surface area contributed by atoms with Crippen molar-refractivity contribution in [1.82, 2.24) is 0 Å². The summed E-state index contributed by atoms with van der Waals surface area (Å²) in [6, 6.07) is 11.4. The predicted octanol–water partition coefficient (Wildman–Crippen LogP) is 3.60. The number of nitrogens with two attached hydrogens (primary N) is 1. The van der Waals surface area contributed by atoms with Gasteiger partial charge in [0.2, 0.25) is 0 Å². The van der Waals surface area contributed by atoms with Gasteiger partial charge < -0.3 is 5.73 Å². The fourth-order valence-corrected chi connectivity index (χ4v) is 2.88. The number of rotatable bonds is 3. The van der Waals surface area contributed by atoms with Crippen LogP contribution in [-0.2, 0) is 22.7 Å². The van der Waals surface area contributed by atoms with E-state index in [1.54, 1.807) is 24.3 Å². The third kappa shape index (κ3) is 3.60. The van der Waals surface area contributed by atoms with Crippen molar-refractivity contribution in [2.75, 3.05) is 5.73 Å². The molecule has 2 aromatic carbocycles. The van der Waals surface area contributed by atoms with Crippen molar-refractivity contribution in [2.24, 2.45) is 0 Å². The van der Waals surface area contributed by atoms with Crippen molar-refractivity contribution < 1.29 is 17.4 Å². The van der Waals surface area contributed by atoms with Crippen LogP contribution in [0.3, 0.4) is 0 Å². The molecular weight excluding hydrogens is 287 g/mol. The lowest BCUT2D eigenvalue weighted by atomic mass is 10.1. The van der Waals surface area contributed by atoms with Crippen LogP contribution >= 0.6 is 0 Å². The van der Waals surface area contributed by atoms with Gasteiger partial charge in [-0.3, -0.25) is 4.21 Å². The first kappa shape index (κ1) is 14.6. The first-order chi connectivity index (χ1) is 9.36. The van der Waals surface area contributed by atoms with Gasteiger partial charge >= 0.3 is 6.18 Å². The Morgan fingerprint density at radius 2 is 1.75 bits per heavy atom. The minimum atomic E-state index is -4.39. The number of nitrogen functional groups attached to an aromatic ring is 1. The Labute approximate surface area is 116 Å². The Hall–Kier alpha value is -1.82. The smallest absolute Gasteiger partial charge is 0.399 e. The zero-order valence-electron chi connectivity index (χ0n) is 10.4. The number of hydrogen-bond acceptors (Lipinski definition) is 2. The normalized spacial score (nSPS) is 13.2. The summed E-state index contributed by atoms with van der Waals surface area (Å²) in [6.45, 7) is 0. The van der Waals surface area contributed by atoms with Gasteiger partial charge in [0.15, 0.2) is 0 Å². The van der Waals surface area contributed by atoms with Gasteiger partial charge in [0.1, 0.15) is 0 Å². The molecule has 20 heavy (non-hydrogen) atoms. The molecule has 106 valence electrons. The van der Waals surface area contributed by atoms with E-state index in [2.05, 4.69) is 0 Å². The number of halogens is 3. The quantitative estimate of drug-likeness (QED) is 0.880. The molecule has 6 heteroatoms. The van der Waals surface area contributed by atoms with Crippen LogP contribution in [0.4, 0.5) is 18.9 Å². The highest BCUT2D eigenvalue weighted by atomic mass is 32.2. The molecule has 0 saturated heterocycles. The van der Waals surface area contributed by atoms with E-state index in [9.17, 15) is 17.4 Å². The molecule has 0 bridgehead atoms. The maximum absolute atomic E-state index is 12.6. The van der Waals surface area contributed by atoms with Gasteiger partial charge in [-0.1, -0.05) is 24.3 Å². The summed E-state index contributed by atoms with van der Waals surface area (Å²) >= 11 is 0. The van der Waals surface area contributed by atoms with Crippen LogP contribution in [0.1, 0.15) is 11.1 Å². The van der Waals surface area contributed by atoms with Gasteiger partial charge in [-0.2, -0.15) is 13.2 Å². The van der Waals surface area contributed by atoms with Gasteiger partial charge in [0, 0.05) is 10.6 Å². The molecule has 0 radical (unpaired) electrons. The molecule has 0 spiro atoms. The molecule has 2 rings (SSSR count). The molecule has 0 heterocycles. The third-order valence-corrected chi connectivity index (χ3v) is 4.05. The van der Waals surface area contributed by atoms with E-state index in [1.807, 2.05) is 0 Å². The summed E-state index contributed by atoms with van der Waals surface area (Å²) in [6.07, 6.45) is -4.39. The Morgan fingerprint density at radius 3 is 2.40 bits per heavy atom. The fraction of sp³-hybridized carbons (Fsp3) is 0.143. The number of benzene rings is 2. The fourth-order valence-electron chi connectivity index (χ4n) is 1.73. The molecule has 2 aromatic rings.